The van der Waals surface area contributed by atoms with Gasteiger partial charge in [0.2, 0.25) is 11.8 Å². The third-order valence-corrected chi connectivity index (χ3v) is 7.78. The average Bonchev–Trinajstić information content (AvgIpc) is 2.77. The summed E-state index contributed by atoms with van der Waals surface area (Å²) in [7, 11) is 3.35. The predicted molar refractivity (Wildman–Crippen MR) is 136 cm³/mol. The van der Waals surface area contributed by atoms with Gasteiger partial charge in [0.25, 0.3) is 0 Å². The molecule has 0 aromatic carbocycles. The lowest BCUT2D eigenvalue weighted by Crippen LogP contribution is -2.59. The van der Waals surface area contributed by atoms with Crippen LogP contribution in [0.1, 0.15) is 107 Å². The van der Waals surface area contributed by atoms with Crippen LogP contribution >= 0.6 is 0 Å². The van der Waals surface area contributed by atoms with Gasteiger partial charge in [0, 0.05) is 30.7 Å². The third kappa shape index (κ3) is 9.91. The third-order valence-electron chi connectivity index (χ3n) is 7.78. The smallest absolute Gasteiger partial charge is 0.243 e. The number of carbonyl (C=O) groups is 2. The van der Waals surface area contributed by atoms with Crippen molar-refractivity contribution in [1.29, 1.82) is 0 Å². The zero-order valence-corrected chi connectivity index (χ0v) is 23.3. The van der Waals surface area contributed by atoms with E-state index in [0.29, 0.717) is 32.1 Å². The maximum absolute atomic E-state index is 13.5. The van der Waals surface area contributed by atoms with Crippen LogP contribution in [-0.4, -0.2) is 54.9 Å². The van der Waals surface area contributed by atoms with Gasteiger partial charge in [-0.15, -0.1) is 0 Å². The number of ether oxygens (including phenoxy) is 2. The molecule has 0 saturated heterocycles. The van der Waals surface area contributed by atoms with Crippen LogP contribution in [0.4, 0.5) is 0 Å². The van der Waals surface area contributed by atoms with E-state index in [-0.39, 0.29) is 17.9 Å². The van der Waals surface area contributed by atoms with Crippen LogP contribution in [0, 0.1) is 5.41 Å². The molecule has 7 nitrogen and oxygen atoms in total. The fourth-order valence-corrected chi connectivity index (χ4v) is 4.07. The van der Waals surface area contributed by atoms with Gasteiger partial charge in [-0.2, -0.15) is 0 Å². The van der Waals surface area contributed by atoms with Crippen LogP contribution in [0.25, 0.3) is 0 Å². The minimum Gasteiger partial charge on any atom is -0.382 e. The summed E-state index contributed by atoms with van der Waals surface area (Å²) >= 11 is 0. The van der Waals surface area contributed by atoms with E-state index in [1.165, 1.54) is 0 Å². The molecule has 0 aromatic heterocycles. The molecule has 0 rings (SSSR count). The molecule has 0 aliphatic rings. The topological polar surface area (TPSA) is 103 Å². The van der Waals surface area contributed by atoms with Crippen LogP contribution in [0.2, 0.25) is 0 Å². The van der Waals surface area contributed by atoms with Gasteiger partial charge in [-0.25, -0.2) is 0 Å². The van der Waals surface area contributed by atoms with E-state index >= 15 is 0 Å². The van der Waals surface area contributed by atoms with Gasteiger partial charge in [0.1, 0.15) is 6.04 Å². The first kappa shape index (κ1) is 31.8. The van der Waals surface area contributed by atoms with E-state index in [4.69, 9.17) is 15.2 Å². The van der Waals surface area contributed by atoms with E-state index in [1.54, 1.807) is 14.2 Å². The normalized spacial score (nSPS) is 21.0. The Labute approximate surface area is 203 Å². The second kappa shape index (κ2) is 13.1. The zero-order chi connectivity index (χ0) is 26.1. The first-order valence-electron chi connectivity index (χ1n) is 12.6. The Balaban J connectivity index is 5.86. The van der Waals surface area contributed by atoms with E-state index in [9.17, 15) is 9.59 Å². The molecule has 0 heterocycles. The van der Waals surface area contributed by atoms with Gasteiger partial charge < -0.3 is 25.8 Å². The van der Waals surface area contributed by atoms with Crippen LogP contribution in [0.15, 0.2) is 0 Å². The summed E-state index contributed by atoms with van der Waals surface area (Å²) in [6.45, 7) is 18.0. The second-order valence-corrected chi connectivity index (χ2v) is 11.0. The lowest BCUT2D eigenvalue weighted by molar-refractivity contribution is -0.139. The van der Waals surface area contributed by atoms with Gasteiger partial charge in [-0.1, -0.05) is 34.6 Å². The molecule has 196 valence electrons. The molecule has 0 radical (unpaired) electrons. The fraction of sp³-hybridized carbons (Fsp3) is 0.923. The first-order valence-corrected chi connectivity index (χ1v) is 12.6. The predicted octanol–water partition coefficient (Wildman–Crippen LogP) is 4.32. The van der Waals surface area contributed by atoms with Crippen molar-refractivity contribution < 1.29 is 19.1 Å². The van der Waals surface area contributed by atoms with Crippen molar-refractivity contribution in [2.75, 3.05) is 14.2 Å². The highest BCUT2D eigenvalue weighted by molar-refractivity contribution is 5.90. The fourth-order valence-electron chi connectivity index (χ4n) is 4.07. The molecule has 0 aliphatic carbocycles. The Morgan fingerprint density at radius 1 is 0.909 bits per heavy atom. The van der Waals surface area contributed by atoms with Gasteiger partial charge in [0.05, 0.1) is 11.7 Å². The first-order chi connectivity index (χ1) is 15.1. The monoisotopic (exact) mass is 471 g/mol. The quantitative estimate of drug-likeness (QED) is 0.311. The lowest BCUT2D eigenvalue weighted by atomic mass is 9.75. The van der Waals surface area contributed by atoms with Crippen molar-refractivity contribution >= 4 is 11.8 Å². The van der Waals surface area contributed by atoms with Gasteiger partial charge in [-0.3, -0.25) is 9.59 Å². The summed E-state index contributed by atoms with van der Waals surface area (Å²) in [4.78, 5) is 27.0. The molecule has 0 bridgehead atoms. The highest BCUT2D eigenvalue weighted by Crippen LogP contribution is 2.36. The largest absolute Gasteiger partial charge is 0.382 e. The molecule has 33 heavy (non-hydrogen) atoms. The van der Waals surface area contributed by atoms with Crippen LogP contribution in [-0.2, 0) is 19.1 Å². The highest BCUT2D eigenvalue weighted by atomic mass is 16.5. The summed E-state index contributed by atoms with van der Waals surface area (Å²) in [6, 6.07) is -0.725. The number of rotatable bonds is 16. The summed E-state index contributed by atoms with van der Waals surface area (Å²) < 4.78 is 11.1. The van der Waals surface area contributed by atoms with Crippen LogP contribution < -0.4 is 16.4 Å². The summed E-state index contributed by atoms with van der Waals surface area (Å²) in [6.07, 6.45) is 4.47. The number of hydrogen-bond donors (Lipinski definition) is 3. The van der Waals surface area contributed by atoms with Crippen molar-refractivity contribution in [2.45, 2.75) is 136 Å². The SMILES string of the molecule is CCC(C)(N)CC(NC(=O)C(C)(CC)CC(C)(CC)OC)C(=O)NC(C)(CC)CC(C)OC. The molecule has 4 N–H and O–H groups in total. The molecule has 6 unspecified atom stereocenters. The zero-order valence-electron chi connectivity index (χ0n) is 23.3. The Morgan fingerprint density at radius 2 is 1.48 bits per heavy atom. The summed E-state index contributed by atoms with van der Waals surface area (Å²) in [5.74, 6) is -0.346. The number of carbonyl (C=O) groups excluding carboxylic acids is 2. The minimum absolute atomic E-state index is 0.00264. The Morgan fingerprint density at radius 3 is 1.88 bits per heavy atom. The van der Waals surface area contributed by atoms with E-state index in [1.807, 2.05) is 55.4 Å². The highest BCUT2D eigenvalue weighted by Gasteiger charge is 2.41. The number of amides is 2. The van der Waals surface area contributed by atoms with Gasteiger partial charge >= 0.3 is 0 Å². The standard InChI is InChI=1S/C26H53N3O4/c1-12-23(6,18-26(9,15-4)33-11)22(31)28-20(17-24(7,27)13-2)21(30)29-25(8,14-3)16-19(5)32-10/h19-20H,12-18,27H2,1-11H3,(H,28,31)(H,29,30). The lowest BCUT2D eigenvalue weighted by Gasteiger charge is -2.39. The van der Waals surface area contributed by atoms with Gasteiger partial charge in [-0.05, 0) is 72.6 Å². The molecule has 7 heteroatoms. The van der Waals surface area contributed by atoms with Gasteiger partial charge in [0.15, 0.2) is 0 Å². The molecular weight excluding hydrogens is 418 g/mol. The minimum atomic E-state index is -0.725. The van der Waals surface area contributed by atoms with Crippen molar-refractivity contribution in [2.24, 2.45) is 11.1 Å². The average molecular weight is 472 g/mol. The number of methoxy groups -OCH3 is 2. The van der Waals surface area contributed by atoms with E-state index in [2.05, 4.69) is 17.6 Å². The molecule has 6 atom stereocenters. The number of nitrogens with one attached hydrogen (secondary N) is 2. The van der Waals surface area contributed by atoms with Crippen molar-refractivity contribution in [3.05, 3.63) is 0 Å². The summed E-state index contributed by atoms with van der Waals surface area (Å²) in [5.41, 5.74) is 4.33. The van der Waals surface area contributed by atoms with Crippen LogP contribution in [0.3, 0.4) is 0 Å². The Bertz CT molecular complexity index is 621. The molecule has 0 aromatic rings. The van der Waals surface area contributed by atoms with Crippen molar-refractivity contribution in [3.63, 3.8) is 0 Å². The van der Waals surface area contributed by atoms with Crippen LogP contribution in [0.5, 0.6) is 0 Å². The molecule has 0 fully saturated rings. The van der Waals surface area contributed by atoms with Crippen molar-refractivity contribution in [1.82, 2.24) is 10.6 Å². The summed E-state index contributed by atoms with van der Waals surface area (Å²) in [5, 5.41) is 6.25. The Hall–Kier alpha value is -1.18. The maximum atomic E-state index is 13.5. The molecule has 0 saturated carbocycles. The molecule has 0 aliphatic heterocycles. The molecular formula is C26H53N3O4. The second-order valence-electron chi connectivity index (χ2n) is 11.0. The van der Waals surface area contributed by atoms with E-state index in [0.717, 1.165) is 12.8 Å². The van der Waals surface area contributed by atoms with E-state index < -0.39 is 28.1 Å². The molecule has 2 amide bonds. The number of nitrogens with two attached hydrogens (primary N) is 1. The maximum Gasteiger partial charge on any atom is 0.243 e. The number of hydrogen-bond acceptors (Lipinski definition) is 5. The molecule has 0 spiro atoms. The Kier molecular flexibility index (Phi) is 12.6. The van der Waals surface area contributed by atoms with Crippen molar-refractivity contribution in [3.8, 4) is 0 Å².